The molecule has 1 aromatic carbocycles. The molecule has 0 fully saturated rings. The first kappa shape index (κ1) is 23.1. The number of likely N-dealkylation sites (N-methyl/N-ethyl adjacent to an activating group) is 1. The Hall–Kier alpha value is -3.06. The van der Waals surface area contributed by atoms with Crippen LogP contribution in [0.2, 0.25) is 0 Å². The van der Waals surface area contributed by atoms with Gasteiger partial charge in [0.1, 0.15) is 5.82 Å². The molecule has 13 heteroatoms. The van der Waals surface area contributed by atoms with Crippen LogP contribution in [0.1, 0.15) is 11.6 Å². The monoisotopic (exact) mass is 528 g/mol. The number of rotatable bonds is 6. The first-order valence-corrected chi connectivity index (χ1v) is 10.4. The summed E-state index contributed by atoms with van der Waals surface area (Å²) in [5.74, 6) is -2.29. The van der Waals surface area contributed by atoms with E-state index in [0.717, 1.165) is 0 Å². The van der Waals surface area contributed by atoms with Gasteiger partial charge in [0, 0.05) is 25.4 Å². The van der Waals surface area contributed by atoms with Gasteiger partial charge in [0.15, 0.2) is 0 Å². The Balaban J connectivity index is 1.67. The third kappa shape index (κ3) is 4.69. The number of imidazole rings is 1. The zero-order valence-corrected chi connectivity index (χ0v) is 19.0. The molecule has 0 spiro atoms. The minimum atomic E-state index is -4.75. The summed E-state index contributed by atoms with van der Waals surface area (Å²) < 4.78 is 60.1. The summed E-state index contributed by atoms with van der Waals surface area (Å²) in [5.41, 5.74) is 1.26. The Labute approximate surface area is 192 Å². The molecule has 0 saturated carbocycles. The van der Waals surface area contributed by atoms with Gasteiger partial charge in [0.05, 0.1) is 33.3 Å². The average molecular weight is 529 g/mol. The lowest BCUT2D eigenvalue weighted by Crippen LogP contribution is -2.28. The highest BCUT2D eigenvalue weighted by atomic mass is 79.9. The molecule has 0 saturated heterocycles. The first-order valence-electron chi connectivity index (χ1n) is 9.63. The van der Waals surface area contributed by atoms with Gasteiger partial charge in [0.2, 0.25) is 5.89 Å². The number of alkyl halides is 3. The van der Waals surface area contributed by atoms with Crippen molar-refractivity contribution in [3.05, 3.63) is 62.8 Å². The van der Waals surface area contributed by atoms with Crippen LogP contribution >= 0.6 is 15.9 Å². The molecule has 33 heavy (non-hydrogen) atoms. The van der Waals surface area contributed by atoms with Gasteiger partial charge in [-0.2, -0.15) is 13.2 Å². The number of hydrogen-bond acceptors (Lipinski definition) is 6. The van der Waals surface area contributed by atoms with Crippen molar-refractivity contribution in [2.24, 2.45) is 0 Å². The zero-order chi connectivity index (χ0) is 23.9. The van der Waals surface area contributed by atoms with E-state index < -0.39 is 17.9 Å². The van der Waals surface area contributed by atoms with Crippen molar-refractivity contribution in [3.63, 3.8) is 0 Å². The molecule has 0 unspecified atom stereocenters. The van der Waals surface area contributed by atoms with Crippen molar-refractivity contribution in [1.29, 1.82) is 0 Å². The zero-order valence-electron chi connectivity index (χ0n) is 17.4. The fourth-order valence-electron chi connectivity index (χ4n) is 3.24. The highest BCUT2D eigenvalue weighted by Crippen LogP contribution is 2.30. The van der Waals surface area contributed by atoms with E-state index in [1.54, 1.807) is 10.6 Å². The minimum absolute atomic E-state index is 0.0310. The van der Waals surface area contributed by atoms with Gasteiger partial charge in [-0.3, -0.25) is 14.1 Å². The average Bonchev–Trinajstić information content (AvgIpc) is 3.33. The fourth-order valence-corrected chi connectivity index (χ4v) is 3.57. The second-order valence-electron chi connectivity index (χ2n) is 7.53. The third-order valence-electron chi connectivity index (χ3n) is 4.89. The van der Waals surface area contributed by atoms with Crippen LogP contribution in [0.25, 0.3) is 22.5 Å². The highest BCUT2D eigenvalue weighted by Gasteiger charge is 2.38. The Morgan fingerprint density at radius 3 is 2.45 bits per heavy atom. The lowest BCUT2D eigenvalue weighted by molar-refractivity contribution is -0.156. The molecule has 0 aliphatic carbocycles. The molecule has 174 valence electrons. The quantitative estimate of drug-likeness (QED) is 0.354. The molecule has 0 radical (unpaired) electrons. The Morgan fingerprint density at radius 1 is 1.12 bits per heavy atom. The lowest BCUT2D eigenvalue weighted by Gasteiger charge is -2.10. The number of nitrogens with zero attached hydrogens (tertiary/aromatic N) is 6. The van der Waals surface area contributed by atoms with Crippen molar-refractivity contribution in [3.8, 4) is 11.5 Å². The molecular formula is C20H17BrF4N6O2. The summed E-state index contributed by atoms with van der Waals surface area (Å²) in [5, 5.41) is 6.38. The second-order valence-corrected chi connectivity index (χ2v) is 8.38. The molecule has 0 aliphatic rings. The van der Waals surface area contributed by atoms with Crippen molar-refractivity contribution in [2.75, 3.05) is 20.6 Å². The Morgan fingerprint density at radius 2 is 1.85 bits per heavy atom. The second kappa shape index (κ2) is 8.71. The van der Waals surface area contributed by atoms with Crippen LogP contribution in [0.15, 0.2) is 44.1 Å². The van der Waals surface area contributed by atoms with E-state index in [4.69, 9.17) is 0 Å². The van der Waals surface area contributed by atoms with E-state index in [9.17, 15) is 22.4 Å². The van der Waals surface area contributed by atoms with Gasteiger partial charge < -0.3 is 9.32 Å². The molecule has 0 N–H and O–H groups in total. The van der Waals surface area contributed by atoms with Crippen molar-refractivity contribution in [2.45, 2.75) is 19.3 Å². The van der Waals surface area contributed by atoms with Gasteiger partial charge in [-0.25, -0.2) is 9.18 Å². The van der Waals surface area contributed by atoms with E-state index in [-0.39, 0.29) is 28.2 Å². The van der Waals surface area contributed by atoms with Crippen LogP contribution in [0.4, 0.5) is 17.6 Å². The number of hydrogen-bond donors (Lipinski definition) is 0. The van der Waals surface area contributed by atoms with Crippen molar-refractivity contribution < 1.29 is 22.0 Å². The molecule has 8 nitrogen and oxygen atoms in total. The maximum Gasteiger partial charge on any atom is 0.470 e. The number of benzene rings is 1. The summed E-state index contributed by atoms with van der Waals surface area (Å²) >= 11 is 3.16. The van der Waals surface area contributed by atoms with E-state index >= 15 is 0 Å². The van der Waals surface area contributed by atoms with Crippen LogP contribution < -0.4 is 5.69 Å². The molecule has 0 aliphatic heterocycles. The number of halogens is 5. The van der Waals surface area contributed by atoms with E-state index in [2.05, 4.69) is 35.5 Å². The van der Waals surface area contributed by atoms with Crippen LogP contribution in [0.3, 0.4) is 0 Å². The number of pyridine rings is 1. The van der Waals surface area contributed by atoms with E-state index in [1.807, 2.05) is 19.0 Å². The molecule has 0 bridgehead atoms. The van der Waals surface area contributed by atoms with Crippen LogP contribution in [0.5, 0.6) is 0 Å². The summed E-state index contributed by atoms with van der Waals surface area (Å²) in [6.07, 6.45) is -3.47. The van der Waals surface area contributed by atoms with Gasteiger partial charge in [0.25, 0.3) is 0 Å². The molecule has 0 atom stereocenters. The molecule has 4 aromatic rings. The van der Waals surface area contributed by atoms with Crippen molar-refractivity contribution in [1.82, 2.24) is 29.2 Å². The highest BCUT2D eigenvalue weighted by molar-refractivity contribution is 9.10. The predicted molar refractivity (Wildman–Crippen MR) is 114 cm³/mol. The minimum Gasteiger partial charge on any atom is -0.413 e. The Bertz CT molecular complexity index is 1360. The largest absolute Gasteiger partial charge is 0.470 e. The van der Waals surface area contributed by atoms with E-state index in [1.165, 1.54) is 29.0 Å². The molecule has 0 amide bonds. The van der Waals surface area contributed by atoms with Crippen LogP contribution in [-0.2, 0) is 19.3 Å². The first-order chi connectivity index (χ1) is 15.5. The molecular weight excluding hydrogens is 512 g/mol. The van der Waals surface area contributed by atoms with Gasteiger partial charge in [-0.15, -0.1) is 10.2 Å². The fraction of sp³-hybridized carbons (Fsp3) is 0.300. The third-order valence-corrected chi connectivity index (χ3v) is 5.50. The summed E-state index contributed by atoms with van der Waals surface area (Å²) in [7, 11) is 3.76. The van der Waals surface area contributed by atoms with Crippen LogP contribution in [-0.4, -0.2) is 49.9 Å². The summed E-state index contributed by atoms with van der Waals surface area (Å²) in [6, 6.07) is 5.82. The van der Waals surface area contributed by atoms with Gasteiger partial charge in [-0.1, -0.05) is 0 Å². The van der Waals surface area contributed by atoms with Gasteiger partial charge in [-0.05, 0) is 48.2 Å². The van der Waals surface area contributed by atoms with Gasteiger partial charge >= 0.3 is 17.8 Å². The standard InChI is InChI=1S/C20H17BrF4N6O2/c1-29(2)5-6-30-15-7-13(21)14(22)8-16(15)31(19(30)32)10-12-4-3-11(9-26-12)17-27-28-18(33-17)20(23,24)25/h3-4,7-9H,5-6,10H2,1-2H3. The van der Waals surface area contributed by atoms with Crippen LogP contribution in [0, 0.1) is 5.82 Å². The number of aromatic nitrogens is 5. The maximum atomic E-state index is 14.3. The lowest BCUT2D eigenvalue weighted by atomic mass is 10.2. The maximum absolute atomic E-state index is 14.3. The topological polar surface area (TPSA) is 82.0 Å². The molecule has 4 rings (SSSR count). The molecule has 3 aromatic heterocycles. The SMILES string of the molecule is CN(C)CCn1c(=O)n(Cc2ccc(-c3nnc(C(F)(F)F)o3)cn2)c2cc(F)c(Br)cc21. The van der Waals surface area contributed by atoms with Crippen molar-refractivity contribution >= 4 is 27.0 Å². The summed E-state index contributed by atoms with van der Waals surface area (Å²) in [4.78, 5) is 19.2. The van der Waals surface area contributed by atoms with E-state index in [0.29, 0.717) is 29.8 Å². The normalized spacial score (nSPS) is 12.2. The number of fused-ring (bicyclic) bond motifs is 1. The smallest absolute Gasteiger partial charge is 0.413 e. The summed E-state index contributed by atoms with van der Waals surface area (Å²) in [6.45, 7) is 1.03. The Kier molecular flexibility index (Phi) is 6.10. The molecule has 3 heterocycles. The predicted octanol–water partition coefficient (Wildman–Crippen LogP) is 3.78.